The molecule has 114 valence electrons. The molecule has 2 N–H and O–H groups in total. The highest BCUT2D eigenvalue weighted by Gasteiger charge is 2.56. The Bertz CT molecular complexity index is 382. The Labute approximate surface area is 123 Å². The fraction of sp³-hybridized carbons (Fsp3) is 1.00. The van der Waals surface area contributed by atoms with Crippen molar-refractivity contribution in [2.75, 3.05) is 0 Å². The van der Waals surface area contributed by atoms with Gasteiger partial charge in [-0.05, 0) is 92.8 Å². The minimum absolute atomic E-state index is 0.0186. The van der Waals surface area contributed by atoms with E-state index in [1.807, 2.05) is 0 Å². The summed E-state index contributed by atoms with van der Waals surface area (Å²) in [6, 6.07) is 0. The van der Waals surface area contributed by atoms with Gasteiger partial charge in [0.1, 0.15) is 0 Å². The molecule has 0 aromatic carbocycles. The lowest BCUT2D eigenvalue weighted by molar-refractivity contribution is -0.0913. The maximum atomic E-state index is 10.4. The average Bonchev–Trinajstić information content (AvgIpc) is 2.74. The van der Waals surface area contributed by atoms with Crippen LogP contribution in [-0.4, -0.2) is 22.4 Å². The number of rotatable bonds is 0. The van der Waals surface area contributed by atoms with E-state index in [1.54, 1.807) is 0 Å². The van der Waals surface area contributed by atoms with E-state index < -0.39 is 0 Å². The average molecular weight is 278 g/mol. The predicted octanol–water partition coefficient (Wildman–Crippen LogP) is 3.36. The predicted molar refractivity (Wildman–Crippen MR) is 79.1 cm³/mol. The van der Waals surface area contributed by atoms with E-state index in [2.05, 4.69) is 6.92 Å². The molecule has 4 fully saturated rings. The molecule has 4 saturated carbocycles. The van der Waals surface area contributed by atoms with Crippen LogP contribution in [0, 0.1) is 35.0 Å². The molecule has 20 heavy (non-hydrogen) atoms. The van der Waals surface area contributed by atoms with Crippen LogP contribution in [0.1, 0.15) is 64.7 Å². The molecular weight excluding hydrogens is 248 g/mol. The van der Waals surface area contributed by atoms with Gasteiger partial charge < -0.3 is 10.2 Å². The zero-order valence-corrected chi connectivity index (χ0v) is 12.8. The van der Waals surface area contributed by atoms with Gasteiger partial charge in [-0.2, -0.15) is 0 Å². The summed E-state index contributed by atoms with van der Waals surface area (Å²) in [5.41, 5.74) is 0.224. The minimum atomic E-state index is -0.0423. The first kappa shape index (κ1) is 13.6. The Morgan fingerprint density at radius 2 is 1.60 bits per heavy atom. The number of hydrogen-bond acceptors (Lipinski definition) is 2. The lowest BCUT2D eigenvalue weighted by Crippen LogP contribution is -2.49. The molecule has 0 aliphatic heterocycles. The lowest BCUT2D eigenvalue weighted by Gasteiger charge is -2.55. The molecule has 8 atom stereocenters. The fourth-order valence-corrected chi connectivity index (χ4v) is 6.80. The molecule has 0 bridgehead atoms. The van der Waals surface area contributed by atoms with Crippen LogP contribution in [0.2, 0.25) is 0 Å². The highest BCUT2D eigenvalue weighted by atomic mass is 16.3. The molecule has 0 aromatic heterocycles. The van der Waals surface area contributed by atoms with Gasteiger partial charge in [0.2, 0.25) is 0 Å². The van der Waals surface area contributed by atoms with E-state index in [4.69, 9.17) is 0 Å². The zero-order chi connectivity index (χ0) is 13.9. The third-order valence-corrected chi connectivity index (χ3v) is 7.88. The second kappa shape index (κ2) is 4.71. The normalized spacial score (nSPS) is 58.6. The van der Waals surface area contributed by atoms with Crippen molar-refractivity contribution >= 4 is 0 Å². The van der Waals surface area contributed by atoms with Crippen LogP contribution < -0.4 is 0 Å². The summed E-state index contributed by atoms with van der Waals surface area (Å²) in [5, 5.41) is 20.3. The zero-order valence-electron chi connectivity index (χ0n) is 12.8. The lowest BCUT2D eigenvalue weighted by atomic mass is 9.50. The van der Waals surface area contributed by atoms with Crippen LogP contribution in [0.15, 0.2) is 0 Å². The number of fused-ring (bicyclic) bond motifs is 5. The van der Waals surface area contributed by atoms with E-state index >= 15 is 0 Å². The standard InChI is InChI=1S/C18H30O2/c1-18-9-8-14-13-5-3-12(19)10-11(13)2-4-15(14)16(18)6-7-17(18)20/h11-17,19-20H,2-10H2,1H3/t11?,12?,13-,14+,15+,16-,17-,18-/m0/s1. The number of aliphatic hydroxyl groups excluding tert-OH is 2. The van der Waals surface area contributed by atoms with Crippen LogP contribution >= 0.6 is 0 Å². The Morgan fingerprint density at radius 1 is 0.800 bits per heavy atom. The third-order valence-electron chi connectivity index (χ3n) is 7.88. The van der Waals surface area contributed by atoms with Gasteiger partial charge in [0, 0.05) is 0 Å². The van der Waals surface area contributed by atoms with E-state index in [0.29, 0.717) is 0 Å². The Kier molecular flexibility index (Phi) is 3.20. The van der Waals surface area contributed by atoms with Crippen molar-refractivity contribution in [2.45, 2.75) is 76.9 Å². The molecular formula is C18H30O2. The highest BCUT2D eigenvalue weighted by molar-refractivity contribution is 5.06. The Hall–Kier alpha value is -0.0800. The van der Waals surface area contributed by atoms with Crippen LogP contribution in [-0.2, 0) is 0 Å². The molecule has 0 aromatic rings. The Balaban J connectivity index is 1.57. The first-order chi connectivity index (χ1) is 9.59. The molecule has 2 heteroatoms. The quantitative estimate of drug-likeness (QED) is 0.713. The monoisotopic (exact) mass is 278 g/mol. The van der Waals surface area contributed by atoms with Gasteiger partial charge in [0.05, 0.1) is 12.2 Å². The van der Waals surface area contributed by atoms with E-state index in [-0.39, 0.29) is 17.6 Å². The highest BCUT2D eigenvalue weighted by Crippen LogP contribution is 2.62. The molecule has 2 unspecified atom stereocenters. The molecule has 0 saturated heterocycles. The third kappa shape index (κ3) is 1.83. The largest absolute Gasteiger partial charge is 0.393 e. The van der Waals surface area contributed by atoms with E-state index in [1.165, 1.54) is 38.5 Å². The summed E-state index contributed by atoms with van der Waals surface area (Å²) in [4.78, 5) is 0. The first-order valence-electron chi connectivity index (χ1n) is 8.95. The van der Waals surface area contributed by atoms with Gasteiger partial charge >= 0.3 is 0 Å². The SMILES string of the molecule is C[C@]12CC[C@H]3[C@@H](CCC4CC(O)CC[C@@H]43)[C@@H]1CC[C@@H]2O. The van der Waals surface area contributed by atoms with Crippen LogP contribution in [0.5, 0.6) is 0 Å². The molecule has 0 amide bonds. The summed E-state index contributed by atoms with van der Waals surface area (Å²) in [7, 11) is 0. The van der Waals surface area contributed by atoms with Gasteiger partial charge in [-0.1, -0.05) is 6.92 Å². The van der Waals surface area contributed by atoms with Crippen LogP contribution in [0.3, 0.4) is 0 Å². The second-order valence-corrected chi connectivity index (χ2v) is 8.54. The van der Waals surface area contributed by atoms with E-state index in [9.17, 15) is 10.2 Å². The van der Waals surface area contributed by atoms with Gasteiger partial charge in [-0.25, -0.2) is 0 Å². The van der Waals surface area contributed by atoms with Crippen molar-refractivity contribution in [2.24, 2.45) is 35.0 Å². The molecule has 4 aliphatic carbocycles. The van der Waals surface area contributed by atoms with E-state index in [0.717, 1.165) is 48.9 Å². The maximum Gasteiger partial charge on any atom is 0.0596 e. The van der Waals surface area contributed by atoms with Crippen molar-refractivity contribution < 1.29 is 10.2 Å². The second-order valence-electron chi connectivity index (χ2n) is 8.54. The number of hydrogen-bond donors (Lipinski definition) is 2. The van der Waals surface area contributed by atoms with Crippen molar-refractivity contribution in [3.8, 4) is 0 Å². The van der Waals surface area contributed by atoms with Crippen LogP contribution in [0.4, 0.5) is 0 Å². The molecule has 4 aliphatic rings. The summed E-state index contributed by atoms with van der Waals surface area (Å²) in [6.45, 7) is 2.36. The smallest absolute Gasteiger partial charge is 0.0596 e. The van der Waals surface area contributed by atoms with Gasteiger partial charge in [-0.15, -0.1) is 0 Å². The Morgan fingerprint density at radius 3 is 2.45 bits per heavy atom. The molecule has 0 spiro atoms. The van der Waals surface area contributed by atoms with Crippen molar-refractivity contribution in [1.82, 2.24) is 0 Å². The maximum absolute atomic E-state index is 10.4. The topological polar surface area (TPSA) is 40.5 Å². The summed E-state index contributed by atoms with van der Waals surface area (Å²) < 4.78 is 0. The summed E-state index contributed by atoms with van der Waals surface area (Å²) in [5.74, 6) is 4.26. The minimum Gasteiger partial charge on any atom is -0.393 e. The van der Waals surface area contributed by atoms with Gasteiger partial charge in [-0.3, -0.25) is 0 Å². The fourth-order valence-electron chi connectivity index (χ4n) is 6.80. The molecule has 2 nitrogen and oxygen atoms in total. The van der Waals surface area contributed by atoms with Gasteiger partial charge in [0.25, 0.3) is 0 Å². The van der Waals surface area contributed by atoms with Crippen molar-refractivity contribution in [3.63, 3.8) is 0 Å². The van der Waals surface area contributed by atoms with Crippen molar-refractivity contribution in [1.29, 1.82) is 0 Å². The summed E-state index contributed by atoms with van der Waals surface area (Å²) in [6.07, 6.45) is 10.9. The van der Waals surface area contributed by atoms with Crippen LogP contribution in [0.25, 0.3) is 0 Å². The van der Waals surface area contributed by atoms with Gasteiger partial charge in [0.15, 0.2) is 0 Å². The molecule has 0 heterocycles. The van der Waals surface area contributed by atoms with Crippen molar-refractivity contribution in [3.05, 3.63) is 0 Å². The molecule has 4 rings (SSSR count). The first-order valence-corrected chi connectivity index (χ1v) is 8.95. The number of aliphatic hydroxyl groups is 2. The molecule has 0 radical (unpaired) electrons. The summed E-state index contributed by atoms with van der Waals surface area (Å²) >= 11 is 0.